The summed E-state index contributed by atoms with van der Waals surface area (Å²) >= 11 is 1.09. The summed E-state index contributed by atoms with van der Waals surface area (Å²) in [6, 6.07) is 0.00957. The van der Waals surface area contributed by atoms with E-state index < -0.39 is 26.0 Å². The van der Waals surface area contributed by atoms with Gasteiger partial charge in [0.05, 0.1) is 6.26 Å². The number of anilines is 1. The topological polar surface area (TPSA) is 142 Å². The molecule has 6 rings (SSSR count). The van der Waals surface area contributed by atoms with Crippen LogP contribution < -0.4 is 10.0 Å². The molecule has 196 valence electrons. The van der Waals surface area contributed by atoms with Crippen LogP contribution in [0.5, 0.6) is 0 Å². The van der Waals surface area contributed by atoms with Crippen LogP contribution in [0.3, 0.4) is 0 Å². The molecule has 1 amide bonds. The van der Waals surface area contributed by atoms with Gasteiger partial charge in [-0.15, -0.1) is 15.7 Å². The first kappa shape index (κ1) is 24.5. The first-order valence-corrected chi connectivity index (χ1v) is 16.8. The van der Waals surface area contributed by atoms with Crippen LogP contribution in [0.4, 0.5) is 5.00 Å². The Morgan fingerprint density at radius 3 is 2.58 bits per heavy atom. The smallest absolute Gasteiger partial charge is 0.287 e. The van der Waals surface area contributed by atoms with Crippen LogP contribution in [-0.4, -0.2) is 57.6 Å². The molecule has 1 aromatic heterocycles. The quantitative estimate of drug-likeness (QED) is 0.531. The Balaban J connectivity index is 1.36. The zero-order valence-corrected chi connectivity index (χ0v) is 22.4. The van der Waals surface area contributed by atoms with Crippen molar-refractivity contribution in [2.45, 2.75) is 74.9 Å². The van der Waals surface area contributed by atoms with Gasteiger partial charge < -0.3 is 10.2 Å². The number of hydrogen-bond acceptors (Lipinski definition) is 8. The van der Waals surface area contributed by atoms with Gasteiger partial charge in [0.15, 0.2) is 11.7 Å². The number of sulfonamides is 2. The number of nitrogens with zero attached hydrogens (tertiary/aromatic N) is 2. The highest BCUT2D eigenvalue weighted by Crippen LogP contribution is 2.55. The van der Waals surface area contributed by atoms with Crippen molar-refractivity contribution in [3.05, 3.63) is 10.9 Å². The molecule has 2 N–H and O–H groups in total. The lowest BCUT2D eigenvalue weighted by atomic mass is 9.72. The van der Waals surface area contributed by atoms with Gasteiger partial charge in [-0.1, -0.05) is 19.3 Å². The number of piperidine rings is 1. The minimum Gasteiger partial charge on any atom is -0.335 e. The molecule has 3 unspecified atom stereocenters. The average Bonchev–Trinajstić information content (AvgIpc) is 3.53. The Bertz CT molecular complexity index is 1360. The molecule has 3 aliphatic carbocycles. The van der Waals surface area contributed by atoms with Crippen molar-refractivity contribution >= 4 is 53.9 Å². The Morgan fingerprint density at radius 2 is 1.86 bits per heavy atom. The number of amidine groups is 1. The number of rotatable bonds is 5. The molecule has 5 aliphatic rings. The molecule has 3 heterocycles. The van der Waals surface area contributed by atoms with E-state index in [4.69, 9.17) is 0 Å². The molecular formula is C23H30N4O6S3. The maximum Gasteiger partial charge on any atom is 0.287 e. The van der Waals surface area contributed by atoms with Crippen molar-refractivity contribution in [1.29, 1.82) is 0 Å². The SMILES string of the molecule is CS(=O)(=O)NCc1csc2c1S(=O)(=O)N=C(C1C(=O)C3C([C@@H]4CC[C@H]3C4)N(C3CCCCC3)C1=O)N2. The second-order valence-electron chi connectivity index (χ2n) is 10.8. The molecule has 2 aliphatic heterocycles. The number of amides is 1. The third kappa shape index (κ3) is 3.93. The van der Waals surface area contributed by atoms with Gasteiger partial charge in [0.1, 0.15) is 15.7 Å². The van der Waals surface area contributed by atoms with E-state index in [-0.39, 0.29) is 63.5 Å². The summed E-state index contributed by atoms with van der Waals surface area (Å²) in [4.78, 5) is 29.7. The molecule has 0 radical (unpaired) electrons. The van der Waals surface area contributed by atoms with Crippen molar-refractivity contribution in [3.8, 4) is 0 Å². The fourth-order valence-corrected chi connectivity index (χ4v) is 10.3. The first-order chi connectivity index (χ1) is 17.0. The van der Waals surface area contributed by atoms with Crippen LogP contribution in [-0.2, 0) is 36.2 Å². The lowest BCUT2D eigenvalue weighted by Gasteiger charge is -2.49. The summed E-state index contributed by atoms with van der Waals surface area (Å²) in [6.07, 6.45) is 9.03. The Labute approximate surface area is 215 Å². The lowest BCUT2D eigenvalue weighted by Crippen LogP contribution is -2.64. The van der Waals surface area contributed by atoms with Crippen molar-refractivity contribution in [1.82, 2.24) is 9.62 Å². The zero-order chi connectivity index (χ0) is 25.4. The van der Waals surface area contributed by atoms with E-state index in [1.165, 1.54) is 0 Å². The first-order valence-electron chi connectivity index (χ1n) is 12.6. The number of carbonyl (C=O) groups excluding carboxylic acids is 2. The number of ketones is 1. The van der Waals surface area contributed by atoms with E-state index >= 15 is 0 Å². The molecule has 13 heteroatoms. The van der Waals surface area contributed by atoms with Crippen molar-refractivity contribution in [3.63, 3.8) is 0 Å². The highest BCUT2D eigenvalue weighted by atomic mass is 32.2. The van der Waals surface area contributed by atoms with Crippen LogP contribution in [0.2, 0.25) is 0 Å². The fraction of sp³-hybridized carbons (Fsp3) is 0.696. The largest absolute Gasteiger partial charge is 0.335 e. The number of carbonyl (C=O) groups is 2. The standard InChI is InChI=1S/C23H30N4O6S3/c1-35(30,31)24-10-14-11-34-22-20(14)36(32,33)26-21(25-22)17-19(28)16-12-7-8-13(9-12)18(16)27(23(17)29)15-5-3-2-4-6-15/h11-13,15-18,24H,2-10H2,1H3,(H,25,26)/t12-,13+,16?,17?,18?/m0/s1. The van der Waals surface area contributed by atoms with Gasteiger partial charge in [0.2, 0.25) is 15.9 Å². The van der Waals surface area contributed by atoms with Crippen LogP contribution in [0, 0.1) is 23.7 Å². The van der Waals surface area contributed by atoms with Crippen LogP contribution in [0.1, 0.15) is 56.9 Å². The molecule has 1 saturated heterocycles. The molecular weight excluding hydrogens is 524 g/mol. The zero-order valence-electron chi connectivity index (χ0n) is 20.0. The predicted molar refractivity (Wildman–Crippen MR) is 135 cm³/mol. The van der Waals surface area contributed by atoms with Crippen LogP contribution in [0.25, 0.3) is 0 Å². The molecule has 3 saturated carbocycles. The lowest BCUT2D eigenvalue weighted by molar-refractivity contribution is -0.156. The Morgan fingerprint density at radius 1 is 1.14 bits per heavy atom. The molecule has 0 spiro atoms. The van der Waals surface area contributed by atoms with Crippen molar-refractivity contribution < 1.29 is 26.4 Å². The van der Waals surface area contributed by atoms with Gasteiger partial charge >= 0.3 is 0 Å². The summed E-state index contributed by atoms with van der Waals surface area (Å²) in [6.45, 7) is -0.194. The molecule has 1 aromatic rings. The third-order valence-electron chi connectivity index (χ3n) is 8.61. The minimum atomic E-state index is -4.24. The van der Waals surface area contributed by atoms with Gasteiger partial charge in [0.25, 0.3) is 10.0 Å². The highest BCUT2D eigenvalue weighted by molar-refractivity contribution is 7.91. The molecule has 5 atom stereocenters. The number of hydrogen-bond donors (Lipinski definition) is 2. The van der Waals surface area contributed by atoms with Gasteiger partial charge in [-0.25, -0.2) is 13.1 Å². The van der Waals surface area contributed by atoms with E-state index in [1.54, 1.807) is 5.38 Å². The third-order valence-corrected chi connectivity index (χ3v) is 11.8. The average molecular weight is 555 g/mol. The van der Waals surface area contributed by atoms with E-state index in [0.717, 1.165) is 69.0 Å². The summed E-state index contributed by atoms with van der Waals surface area (Å²) < 4.78 is 55.8. The Hall–Kier alpha value is -1.83. The molecule has 36 heavy (non-hydrogen) atoms. The monoisotopic (exact) mass is 554 g/mol. The Kier molecular flexibility index (Phi) is 5.86. The van der Waals surface area contributed by atoms with Gasteiger partial charge in [-0.2, -0.15) is 8.42 Å². The maximum absolute atomic E-state index is 14.0. The van der Waals surface area contributed by atoms with Crippen LogP contribution >= 0.6 is 11.3 Å². The summed E-state index contributed by atoms with van der Waals surface area (Å²) in [5, 5.41) is 4.80. The number of nitrogens with one attached hydrogen (secondary N) is 2. The van der Waals surface area contributed by atoms with E-state index in [1.807, 2.05) is 4.90 Å². The fourth-order valence-electron chi connectivity index (χ4n) is 7.23. The van der Waals surface area contributed by atoms with E-state index in [2.05, 4.69) is 14.4 Å². The van der Waals surface area contributed by atoms with Gasteiger partial charge in [-0.3, -0.25) is 9.59 Å². The molecule has 2 bridgehead atoms. The maximum atomic E-state index is 14.0. The van der Waals surface area contributed by atoms with Crippen molar-refractivity contribution in [2.75, 3.05) is 11.6 Å². The number of Topliss-reactive ketones (excluding diaryl/α,β-unsaturated/α-hetero) is 1. The van der Waals surface area contributed by atoms with E-state index in [9.17, 15) is 26.4 Å². The normalized spacial score (nSPS) is 33.8. The second-order valence-corrected chi connectivity index (χ2v) is 15.1. The number of likely N-dealkylation sites (tertiary alicyclic amines) is 1. The molecule has 0 aromatic carbocycles. The summed E-state index contributed by atoms with van der Waals surface area (Å²) in [5.74, 6) is -1.58. The van der Waals surface area contributed by atoms with Crippen molar-refractivity contribution in [2.24, 2.45) is 28.1 Å². The van der Waals surface area contributed by atoms with Gasteiger partial charge in [0, 0.05) is 30.1 Å². The summed E-state index contributed by atoms with van der Waals surface area (Å²) in [7, 11) is -7.77. The molecule has 10 nitrogen and oxygen atoms in total. The van der Waals surface area contributed by atoms with Gasteiger partial charge in [-0.05, 0) is 49.3 Å². The van der Waals surface area contributed by atoms with Crippen LogP contribution in [0.15, 0.2) is 14.7 Å². The predicted octanol–water partition coefficient (Wildman–Crippen LogP) is 2.08. The minimum absolute atomic E-state index is 0.0742. The number of fused-ring (bicyclic) bond motifs is 6. The molecule has 4 fully saturated rings. The second kappa shape index (κ2) is 8.60. The van der Waals surface area contributed by atoms with E-state index in [0.29, 0.717) is 5.92 Å². The summed E-state index contributed by atoms with van der Waals surface area (Å²) in [5.41, 5.74) is 0.272. The number of thiophene rings is 1. The highest BCUT2D eigenvalue weighted by Gasteiger charge is 2.62.